The van der Waals surface area contributed by atoms with Crippen LogP contribution < -0.4 is 5.32 Å². The van der Waals surface area contributed by atoms with Gasteiger partial charge in [-0.15, -0.1) is 11.3 Å². The van der Waals surface area contributed by atoms with Crippen molar-refractivity contribution in [2.75, 3.05) is 18.4 Å². The van der Waals surface area contributed by atoms with Crippen LogP contribution in [0.5, 0.6) is 0 Å². The van der Waals surface area contributed by atoms with Gasteiger partial charge in [-0.2, -0.15) is 4.98 Å². The molecule has 140 valence electrons. The highest BCUT2D eigenvalue weighted by atomic mass is 32.1. The first-order chi connectivity index (χ1) is 13.2. The lowest BCUT2D eigenvalue weighted by atomic mass is 9.95. The minimum atomic E-state index is 0.0398. The summed E-state index contributed by atoms with van der Waals surface area (Å²) in [5, 5.41) is 9.11. The number of likely N-dealkylation sites (tertiary alicyclic amines) is 1. The van der Waals surface area contributed by atoms with Crippen LogP contribution in [0, 0.1) is 5.92 Å². The highest BCUT2D eigenvalue weighted by Gasteiger charge is 2.30. The molecule has 1 aromatic carbocycles. The summed E-state index contributed by atoms with van der Waals surface area (Å²) in [5.74, 6) is 1.42. The summed E-state index contributed by atoms with van der Waals surface area (Å²) in [5.41, 5.74) is 0.852. The van der Waals surface area contributed by atoms with Crippen molar-refractivity contribution in [3.8, 4) is 10.7 Å². The minimum Gasteiger partial charge on any atom is -0.337 e. The van der Waals surface area contributed by atoms with E-state index >= 15 is 0 Å². The highest BCUT2D eigenvalue weighted by Crippen LogP contribution is 2.28. The number of amides is 1. The minimum absolute atomic E-state index is 0.0398. The molecule has 3 aromatic rings. The van der Waals surface area contributed by atoms with E-state index in [0.29, 0.717) is 11.7 Å². The Morgan fingerprint density at radius 1 is 1.22 bits per heavy atom. The SMILES string of the molecule is C[C@H](c1nc(-c2cccs2)no1)N1CCC(C(=O)Nc2ccccc2)CC1. The number of benzene rings is 1. The number of hydrogen-bond acceptors (Lipinski definition) is 6. The first-order valence-corrected chi connectivity index (χ1v) is 10.1. The van der Waals surface area contributed by atoms with E-state index in [9.17, 15) is 4.79 Å². The predicted octanol–water partition coefficient (Wildman–Crippen LogP) is 4.21. The number of piperidine rings is 1. The van der Waals surface area contributed by atoms with E-state index in [1.165, 1.54) is 0 Å². The van der Waals surface area contributed by atoms with Crippen molar-refractivity contribution in [3.63, 3.8) is 0 Å². The predicted molar refractivity (Wildman–Crippen MR) is 105 cm³/mol. The number of nitrogens with one attached hydrogen (secondary N) is 1. The summed E-state index contributed by atoms with van der Waals surface area (Å²) in [6, 6.07) is 13.6. The molecule has 0 bridgehead atoms. The number of thiophene rings is 1. The molecular weight excluding hydrogens is 360 g/mol. The third kappa shape index (κ3) is 4.09. The van der Waals surface area contributed by atoms with Crippen molar-refractivity contribution >= 4 is 22.9 Å². The monoisotopic (exact) mass is 382 g/mol. The third-order valence-electron chi connectivity index (χ3n) is 5.03. The first kappa shape index (κ1) is 17.9. The summed E-state index contributed by atoms with van der Waals surface area (Å²) in [7, 11) is 0. The van der Waals surface area contributed by atoms with Crippen molar-refractivity contribution in [2.45, 2.75) is 25.8 Å². The zero-order chi connectivity index (χ0) is 18.6. The summed E-state index contributed by atoms with van der Waals surface area (Å²) in [6.07, 6.45) is 1.66. The van der Waals surface area contributed by atoms with Crippen molar-refractivity contribution < 1.29 is 9.32 Å². The number of carbonyl (C=O) groups excluding carboxylic acids is 1. The average Bonchev–Trinajstić information content (AvgIpc) is 3.40. The molecule has 1 fully saturated rings. The third-order valence-corrected chi connectivity index (χ3v) is 5.90. The average molecular weight is 382 g/mol. The Morgan fingerprint density at radius 3 is 2.70 bits per heavy atom. The molecule has 0 unspecified atom stereocenters. The van der Waals surface area contributed by atoms with Crippen LogP contribution in [0.2, 0.25) is 0 Å². The van der Waals surface area contributed by atoms with Gasteiger partial charge in [-0.05, 0) is 56.4 Å². The van der Waals surface area contributed by atoms with E-state index in [1.54, 1.807) is 11.3 Å². The van der Waals surface area contributed by atoms with E-state index in [0.717, 1.165) is 36.5 Å². The van der Waals surface area contributed by atoms with Gasteiger partial charge >= 0.3 is 0 Å². The molecule has 1 aliphatic heterocycles. The van der Waals surface area contributed by atoms with Crippen LogP contribution in [-0.4, -0.2) is 34.0 Å². The van der Waals surface area contributed by atoms with E-state index < -0.39 is 0 Å². The quantitative estimate of drug-likeness (QED) is 0.716. The number of nitrogens with zero attached hydrogens (tertiary/aromatic N) is 3. The second kappa shape index (κ2) is 8.02. The second-order valence-electron chi connectivity index (χ2n) is 6.78. The molecule has 1 saturated heterocycles. The molecule has 0 saturated carbocycles. The Kier molecular flexibility index (Phi) is 5.31. The highest BCUT2D eigenvalue weighted by molar-refractivity contribution is 7.13. The number of anilines is 1. The first-order valence-electron chi connectivity index (χ1n) is 9.18. The maximum atomic E-state index is 12.5. The van der Waals surface area contributed by atoms with Crippen molar-refractivity contribution in [1.29, 1.82) is 0 Å². The number of para-hydroxylation sites is 1. The van der Waals surface area contributed by atoms with Gasteiger partial charge in [-0.3, -0.25) is 9.69 Å². The topological polar surface area (TPSA) is 71.3 Å². The van der Waals surface area contributed by atoms with Gasteiger partial charge in [0.1, 0.15) is 0 Å². The fourth-order valence-electron chi connectivity index (χ4n) is 3.38. The summed E-state index contributed by atoms with van der Waals surface area (Å²) >= 11 is 1.60. The maximum absolute atomic E-state index is 12.5. The largest absolute Gasteiger partial charge is 0.337 e. The van der Waals surface area contributed by atoms with E-state index in [1.807, 2.05) is 47.8 Å². The van der Waals surface area contributed by atoms with Crippen molar-refractivity contribution in [3.05, 3.63) is 53.7 Å². The van der Waals surface area contributed by atoms with Crippen LogP contribution in [-0.2, 0) is 4.79 Å². The fraction of sp³-hybridized carbons (Fsp3) is 0.350. The Labute approximate surface area is 162 Å². The number of rotatable bonds is 5. The van der Waals surface area contributed by atoms with E-state index in [2.05, 4.69) is 27.3 Å². The van der Waals surface area contributed by atoms with Crippen LogP contribution in [0.4, 0.5) is 5.69 Å². The molecule has 2 aromatic heterocycles. The molecule has 0 spiro atoms. The molecule has 3 heterocycles. The molecular formula is C20H22N4O2S. The Morgan fingerprint density at radius 2 is 2.00 bits per heavy atom. The van der Waals surface area contributed by atoms with Gasteiger partial charge in [0.15, 0.2) is 0 Å². The van der Waals surface area contributed by atoms with E-state index in [-0.39, 0.29) is 17.9 Å². The van der Waals surface area contributed by atoms with Crippen molar-refractivity contribution in [2.24, 2.45) is 5.92 Å². The smallest absolute Gasteiger partial charge is 0.244 e. The molecule has 1 aliphatic rings. The zero-order valence-corrected chi connectivity index (χ0v) is 16.0. The van der Waals surface area contributed by atoms with Crippen LogP contribution in [0.15, 0.2) is 52.4 Å². The lowest BCUT2D eigenvalue weighted by Gasteiger charge is -2.33. The lowest BCUT2D eigenvalue weighted by molar-refractivity contribution is -0.121. The Hall–Kier alpha value is -2.51. The summed E-state index contributed by atoms with van der Waals surface area (Å²) in [4.78, 5) is 20.3. The number of hydrogen-bond donors (Lipinski definition) is 1. The second-order valence-corrected chi connectivity index (χ2v) is 7.72. The Bertz CT molecular complexity index is 871. The van der Waals surface area contributed by atoms with Gasteiger partial charge < -0.3 is 9.84 Å². The van der Waals surface area contributed by atoms with E-state index in [4.69, 9.17) is 4.52 Å². The molecule has 6 nitrogen and oxygen atoms in total. The van der Waals surface area contributed by atoms with Gasteiger partial charge in [0.25, 0.3) is 0 Å². The molecule has 7 heteroatoms. The van der Waals surface area contributed by atoms with Gasteiger partial charge in [0.05, 0.1) is 10.9 Å². The van der Waals surface area contributed by atoms with Gasteiger partial charge in [-0.1, -0.05) is 29.4 Å². The standard InChI is InChI=1S/C20H22N4O2S/c1-14(20-22-18(23-26-20)17-8-5-13-27-17)24-11-9-15(10-12-24)19(25)21-16-6-3-2-4-7-16/h2-8,13-15H,9-12H2,1H3,(H,21,25)/t14-/m1/s1. The molecule has 1 atom stereocenters. The molecule has 0 radical (unpaired) electrons. The lowest BCUT2D eigenvalue weighted by Crippen LogP contribution is -2.39. The molecule has 1 amide bonds. The van der Waals surface area contributed by atoms with Crippen LogP contribution in [0.1, 0.15) is 31.7 Å². The van der Waals surface area contributed by atoms with Crippen LogP contribution >= 0.6 is 11.3 Å². The Balaban J connectivity index is 1.33. The van der Waals surface area contributed by atoms with Crippen LogP contribution in [0.25, 0.3) is 10.7 Å². The normalized spacial score (nSPS) is 16.9. The number of aromatic nitrogens is 2. The van der Waals surface area contributed by atoms with Crippen LogP contribution in [0.3, 0.4) is 0 Å². The molecule has 0 aliphatic carbocycles. The number of carbonyl (C=O) groups is 1. The van der Waals surface area contributed by atoms with Crippen molar-refractivity contribution in [1.82, 2.24) is 15.0 Å². The fourth-order valence-corrected chi connectivity index (χ4v) is 4.03. The van der Waals surface area contributed by atoms with Gasteiger partial charge in [0, 0.05) is 11.6 Å². The zero-order valence-electron chi connectivity index (χ0n) is 15.2. The maximum Gasteiger partial charge on any atom is 0.244 e. The molecule has 1 N–H and O–H groups in total. The molecule has 4 rings (SSSR count). The van der Waals surface area contributed by atoms with Gasteiger partial charge in [0.2, 0.25) is 17.6 Å². The van der Waals surface area contributed by atoms with Gasteiger partial charge in [-0.25, -0.2) is 0 Å². The summed E-state index contributed by atoms with van der Waals surface area (Å²) < 4.78 is 5.48. The molecule has 27 heavy (non-hydrogen) atoms. The summed E-state index contributed by atoms with van der Waals surface area (Å²) in [6.45, 7) is 3.76.